The molecule has 0 unspecified atom stereocenters. The predicted molar refractivity (Wildman–Crippen MR) is 109 cm³/mol. The Balaban J connectivity index is 1.60. The second kappa shape index (κ2) is 11.6. The minimum atomic E-state index is -0.805. The molecule has 0 heterocycles. The highest BCUT2D eigenvalue weighted by Crippen LogP contribution is 2.45. The van der Waals surface area contributed by atoms with Crippen molar-refractivity contribution in [2.75, 3.05) is 0 Å². The van der Waals surface area contributed by atoms with Gasteiger partial charge in [0, 0.05) is 0 Å². The van der Waals surface area contributed by atoms with Crippen molar-refractivity contribution in [2.45, 2.75) is 135 Å². The quantitative estimate of drug-likeness (QED) is 0.326. The molecule has 0 aliphatic heterocycles. The Bertz CT molecular complexity index is 321. The van der Waals surface area contributed by atoms with Gasteiger partial charge in [0.05, 0.1) is 0 Å². The minimum Gasteiger partial charge on any atom is -0.244 e. The first-order valence-corrected chi connectivity index (χ1v) is 11.9. The fourth-order valence-electron chi connectivity index (χ4n) is 5.56. The van der Waals surface area contributed by atoms with Crippen molar-refractivity contribution in [1.82, 2.24) is 0 Å². The molecule has 0 amide bonds. The van der Waals surface area contributed by atoms with Crippen LogP contribution in [0, 0.1) is 17.8 Å². The van der Waals surface area contributed by atoms with Crippen molar-refractivity contribution < 1.29 is 4.39 Å². The van der Waals surface area contributed by atoms with Gasteiger partial charge < -0.3 is 0 Å². The summed E-state index contributed by atoms with van der Waals surface area (Å²) in [6.45, 7) is 4.55. The van der Waals surface area contributed by atoms with E-state index < -0.39 is 5.67 Å². The standard InChI is InChI=1S/C24H45F/c1-3-5-7-8-10-18-24(25)19-16-23(17-20-24)22-14-12-21(13-15-22)11-9-6-4-2/h21-23H,3-20H2,1-2H3/t21?,22?,23-,24+. The smallest absolute Gasteiger partial charge is 0.111 e. The molecule has 0 radical (unpaired) electrons. The van der Waals surface area contributed by atoms with Gasteiger partial charge in [-0.3, -0.25) is 0 Å². The average Bonchev–Trinajstić information content (AvgIpc) is 2.63. The van der Waals surface area contributed by atoms with Crippen LogP contribution in [0.1, 0.15) is 129 Å². The lowest BCUT2D eigenvalue weighted by atomic mass is 9.67. The molecule has 148 valence electrons. The van der Waals surface area contributed by atoms with Gasteiger partial charge in [-0.05, 0) is 62.7 Å². The molecule has 0 aromatic heterocycles. The van der Waals surface area contributed by atoms with E-state index in [9.17, 15) is 0 Å². The molecule has 2 fully saturated rings. The van der Waals surface area contributed by atoms with E-state index in [1.165, 1.54) is 89.9 Å². The van der Waals surface area contributed by atoms with Crippen LogP contribution < -0.4 is 0 Å². The van der Waals surface area contributed by atoms with E-state index in [4.69, 9.17) is 0 Å². The van der Waals surface area contributed by atoms with E-state index in [1.54, 1.807) is 0 Å². The van der Waals surface area contributed by atoms with Gasteiger partial charge in [0.1, 0.15) is 5.67 Å². The van der Waals surface area contributed by atoms with Crippen molar-refractivity contribution in [2.24, 2.45) is 17.8 Å². The molecule has 2 aliphatic carbocycles. The second-order valence-electron chi connectivity index (χ2n) is 9.43. The Kier molecular flexibility index (Phi) is 9.85. The Labute approximate surface area is 157 Å². The summed E-state index contributed by atoms with van der Waals surface area (Å²) in [5.74, 6) is 2.78. The van der Waals surface area contributed by atoms with E-state index in [2.05, 4.69) is 13.8 Å². The largest absolute Gasteiger partial charge is 0.244 e. The molecule has 0 nitrogen and oxygen atoms in total. The van der Waals surface area contributed by atoms with Gasteiger partial charge in [-0.25, -0.2) is 4.39 Å². The van der Waals surface area contributed by atoms with E-state index in [0.29, 0.717) is 0 Å². The maximum absolute atomic E-state index is 15.1. The molecular weight excluding hydrogens is 307 g/mol. The highest BCUT2D eigenvalue weighted by atomic mass is 19.1. The summed E-state index contributed by atoms with van der Waals surface area (Å²) in [6.07, 6.45) is 22.7. The highest BCUT2D eigenvalue weighted by molar-refractivity contribution is 4.89. The van der Waals surface area contributed by atoms with Gasteiger partial charge >= 0.3 is 0 Å². The van der Waals surface area contributed by atoms with Crippen LogP contribution in [-0.4, -0.2) is 5.67 Å². The number of hydrogen-bond acceptors (Lipinski definition) is 0. The summed E-state index contributed by atoms with van der Waals surface area (Å²) < 4.78 is 15.1. The summed E-state index contributed by atoms with van der Waals surface area (Å²) in [4.78, 5) is 0. The lowest BCUT2D eigenvalue weighted by Gasteiger charge is -2.40. The topological polar surface area (TPSA) is 0 Å². The summed E-state index contributed by atoms with van der Waals surface area (Å²) in [5, 5.41) is 0. The first-order valence-electron chi connectivity index (χ1n) is 11.9. The number of halogens is 1. The zero-order valence-corrected chi connectivity index (χ0v) is 17.3. The molecule has 0 atom stereocenters. The monoisotopic (exact) mass is 352 g/mol. The van der Waals surface area contributed by atoms with Crippen LogP contribution in [0.15, 0.2) is 0 Å². The highest BCUT2D eigenvalue weighted by Gasteiger charge is 2.38. The van der Waals surface area contributed by atoms with E-state index in [-0.39, 0.29) is 0 Å². The summed E-state index contributed by atoms with van der Waals surface area (Å²) >= 11 is 0. The molecule has 2 rings (SSSR count). The van der Waals surface area contributed by atoms with Crippen molar-refractivity contribution in [3.05, 3.63) is 0 Å². The van der Waals surface area contributed by atoms with Gasteiger partial charge in [-0.2, -0.15) is 0 Å². The molecule has 0 aromatic carbocycles. The minimum absolute atomic E-state index is 0.805. The summed E-state index contributed by atoms with van der Waals surface area (Å²) in [6, 6.07) is 0. The van der Waals surface area contributed by atoms with Gasteiger partial charge in [0.25, 0.3) is 0 Å². The van der Waals surface area contributed by atoms with Crippen LogP contribution in [0.25, 0.3) is 0 Å². The maximum atomic E-state index is 15.1. The van der Waals surface area contributed by atoms with Gasteiger partial charge in [-0.15, -0.1) is 0 Å². The molecule has 25 heavy (non-hydrogen) atoms. The Morgan fingerprint density at radius 1 is 0.680 bits per heavy atom. The van der Waals surface area contributed by atoms with E-state index >= 15 is 4.39 Å². The second-order valence-corrected chi connectivity index (χ2v) is 9.43. The molecule has 0 bridgehead atoms. The molecule has 2 aliphatic rings. The van der Waals surface area contributed by atoms with Gasteiger partial charge in [0.15, 0.2) is 0 Å². The fourth-order valence-corrected chi connectivity index (χ4v) is 5.56. The Morgan fingerprint density at radius 3 is 1.88 bits per heavy atom. The lowest BCUT2D eigenvalue weighted by molar-refractivity contribution is 0.0455. The van der Waals surface area contributed by atoms with Crippen LogP contribution in [0.3, 0.4) is 0 Å². The first kappa shape index (κ1) is 21.2. The third-order valence-electron chi connectivity index (χ3n) is 7.43. The molecule has 0 aromatic rings. The molecule has 2 saturated carbocycles. The third-order valence-corrected chi connectivity index (χ3v) is 7.43. The van der Waals surface area contributed by atoms with Crippen molar-refractivity contribution in [1.29, 1.82) is 0 Å². The Morgan fingerprint density at radius 2 is 1.24 bits per heavy atom. The molecule has 0 N–H and O–H groups in total. The van der Waals surface area contributed by atoms with Crippen molar-refractivity contribution >= 4 is 0 Å². The van der Waals surface area contributed by atoms with Crippen molar-refractivity contribution in [3.63, 3.8) is 0 Å². The molecule has 0 saturated heterocycles. The van der Waals surface area contributed by atoms with Crippen LogP contribution in [0.4, 0.5) is 4.39 Å². The van der Waals surface area contributed by atoms with Crippen LogP contribution in [0.2, 0.25) is 0 Å². The summed E-state index contributed by atoms with van der Waals surface area (Å²) in [5.41, 5.74) is -0.805. The SMILES string of the molecule is CCCCCCC[C@]1(F)CC[C@@H](C2CCC(CCCCC)CC2)CC1. The van der Waals surface area contributed by atoms with Crippen LogP contribution >= 0.6 is 0 Å². The van der Waals surface area contributed by atoms with E-state index in [1.807, 2.05) is 0 Å². The average molecular weight is 353 g/mol. The zero-order valence-electron chi connectivity index (χ0n) is 17.3. The number of unbranched alkanes of at least 4 members (excludes halogenated alkanes) is 6. The number of rotatable bonds is 11. The molecular formula is C24H45F. The summed E-state index contributed by atoms with van der Waals surface area (Å²) in [7, 11) is 0. The first-order chi connectivity index (χ1) is 12.2. The number of alkyl halides is 1. The fraction of sp³-hybridized carbons (Fsp3) is 1.00. The predicted octanol–water partition coefficient (Wildman–Crippen LogP) is 8.63. The lowest BCUT2D eigenvalue weighted by Crippen LogP contribution is -2.33. The number of hydrogen-bond donors (Lipinski definition) is 0. The third kappa shape index (κ3) is 7.59. The Hall–Kier alpha value is -0.0700. The van der Waals surface area contributed by atoms with Crippen molar-refractivity contribution in [3.8, 4) is 0 Å². The van der Waals surface area contributed by atoms with Gasteiger partial charge in [0.2, 0.25) is 0 Å². The molecule has 1 heteroatoms. The zero-order chi connectivity index (χ0) is 18.0. The maximum Gasteiger partial charge on any atom is 0.111 e. The van der Waals surface area contributed by atoms with Crippen LogP contribution in [-0.2, 0) is 0 Å². The van der Waals surface area contributed by atoms with Crippen LogP contribution in [0.5, 0.6) is 0 Å². The van der Waals surface area contributed by atoms with Gasteiger partial charge in [-0.1, -0.05) is 84.5 Å². The normalized spacial score (nSPS) is 33.5. The van der Waals surface area contributed by atoms with E-state index in [0.717, 1.165) is 43.4 Å². The molecule has 0 spiro atoms.